The fourth-order valence-electron chi connectivity index (χ4n) is 3.86. The summed E-state index contributed by atoms with van der Waals surface area (Å²) in [5.41, 5.74) is 2.10. The molecule has 0 aromatic heterocycles. The van der Waals surface area contributed by atoms with Gasteiger partial charge in [0.25, 0.3) is 10.1 Å². The third-order valence-electron chi connectivity index (χ3n) is 5.55. The second-order valence-corrected chi connectivity index (χ2v) is 9.90. The minimum Gasteiger partial charge on any atom is -0.444 e. The van der Waals surface area contributed by atoms with Crippen LogP contribution in [0.3, 0.4) is 0 Å². The summed E-state index contributed by atoms with van der Waals surface area (Å²) >= 11 is 0. The number of carbonyl (C=O) groups excluding carboxylic acids is 2. The number of nitrogens with zero attached hydrogens (tertiary/aromatic N) is 2. The minimum atomic E-state index is -3.68. The zero-order chi connectivity index (χ0) is 25.0. The Balaban J connectivity index is 1.42. The first-order valence-electron chi connectivity index (χ1n) is 11.0. The molecule has 0 aliphatic carbocycles. The van der Waals surface area contributed by atoms with Crippen molar-refractivity contribution in [3.63, 3.8) is 0 Å². The zero-order valence-corrected chi connectivity index (χ0v) is 19.9. The van der Waals surface area contributed by atoms with Crippen LogP contribution in [0.15, 0.2) is 54.7 Å². The van der Waals surface area contributed by atoms with Crippen molar-refractivity contribution in [2.75, 3.05) is 30.9 Å². The summed E-state index contributed by atoms with van der Waals surface area (Å²) in [7, 11) is -3.68. The van der Waals surface area contributed by atoms with Crippen molar-refractivity contribution in [1.29, 1.82) is 0 Å². The van der Waals surface area contributed by atoms with Crippen LogP contribution in [0, 0.1) is 5.82 Å². The SMILES string of the molecule is CS(=O)(=O)OC[C@H]1CN(c2ccc(C3=CN(C(=O)OCc4ccccc4)CCC3)c(F)c2)C(=O)O1. The Hall–Kier alpha value is -3.44. The highest BCUT2D eigenvalue weighted by Crippen LogP contribution is 2.31. The van der Waals surface area contributed by atoms with Gasteiger partial charge in [-0.2, -0.15) is 8.42 Å². The number of carbonyl (C=O) groups is 2. The van der Waals surface area contributed by atoms with E-state index in [1.165, 1.54) is 15.9 Å². The molecule has 1 atom stereocenters. The third-order valence-corrected chi connectivity index (χ3v) is 6.11. The van der Waals surface area contributed by atoms with Crippen molar-refractivity contribution in [2.24, 2.45) is 0 Å². The highest BCUT2D eigenvalue weighted by atomic mass is 32.2. The van der Waals surface area contributed by atoms with Crippen LogP contribution in [0.25, 0.3) is 5.57 Å². The number of anilines is 1. The van der Waals surface area contributed by atoms with Gasteiger partial charge in [0.2, 0.25) is 0 Å². The molecule has 2 aromatic carbocycles. The van der Waals surface area contributed by atoms with E-state index in [1.54, 1.807) is 18.3 Å². The molecule has 9 nitrogen and oxygen atoms in total. The molecular weight excluding hydrogens is 479 g/mol. The van der Waals surface area contributed by atoms with E-state index in [0.29, 0.717) is 30.5 Å². The lowest BCUT2D eigenvalue weighted by molar-refractivity contribution is 0.107. The molecule has 1 fully saturated rings. The monoisotopic (exact) mass is 504 g/mol. The van der Waals surface area contributed by atoms with E-state index < -0.39 is 34.2 Å². The molecule has 0 radical (unpaired) electrons. The molecule has 2 aliphatic heterocycles. The molecule has 0 N–H and O–H groups in total. The predicted molar refractivity (Wildman–Crippen MR) is 125 cm³/mol. The lowest BCUT2D eigenvalue weighted by Crippen LogP contribution is -2.30. The van der Waals surface area contributed by atoms with Gasteiger partial charge in [-0.15, -0.1) is 0 Å². The molecule has 11 heteroatoms. The van der Waals surface area contributed by atoms with Gasteiger partial charge >= 0.3 is 12.2 Å². The minimum absolute atomic E-state index is 0.0247. The Morgan fingerprint density at radius 3 is 2.69 bits per heavy atom. The molecule has 4 rings (SSSR count). The molecule has 2 aromatic rings. The smallest absolute Gasteiger partial charge is 0.414 e. The molecule has 2 aliphatic rings. The van der Waals surface area contributed by atoms with Crippen molar-refractivity contribution >= 4 is 33.6 Å². The van der Waals surface area contributed by atoms with Gasteiger partial charge in [0.05, 0.1) is 18.5 Å². The van der Waals surface area contributed by atoms with Crippen LogP contribution in [-0.2, 0) is 30.4 Å². The molecule has 0 unspecified atom stereocenters. The summed E-state index contributed by atoms with van der Waals surface area (Å²) in [5, 5.41) is 0. The fraction of sp³-hybridized carbons (Fsp3) is 0.333. The number of rotatable bonds is 7. The van der Waals surface area contributed by atoms with Crippen molar-refractivity contribution in [1.82, 2.24) is 4.90 Å². The normalized spacial score (nSPS) is 18.3. The Morgan fingerprint density at radius 2 is 1.97 bits per heavy atom. The first-order chi connectivity index (χ1) is 16.7. The van der Waals surface area contributed by atoms with E-state index in [2.05, 4.69) is 4.18 Å². The maximum absolute atomic E-state index is 15.1. The first kappa shape index (κ1) is 24.7. The summed E-state index contributed by atoms with van der Waals surface area (Å²) in [6.07, 6.45) is 1.70. The molecular formula is C24H25FN2O7S. The van der Waals surface area contributed by atoms with Crippen LogP contribution < -0.4 is 4.90 Å². The number of halogens is 1. The molecule has 186 valence electrons. The summed E-state index contributed by atoms with van der Waals surface area (Å²) in [6, 6.07) is 13.7. The second-order valence-electron chi connectivity index (χ2n) is 8.26. The Morgan fingerprint density at radius 1 is 1.20 bits per heavy atom. The van der Waals surface area contributed by atoms with Gasteiger partial charge < -0.3 is 9.47 Å². The van der Waals surface area contributed by atoms with Crippen LogP contribution >= 0.6 is 0 Å². The van der Waals surface area contributed by atoms with Gasteiger partial charge in [-0.25, -0.2) is 14.0 Å². The number of hydrogen-bond donors (Lipinski definition) is 0. The average Bonchev–Trinajstić information content (AvgIpc) is 3.22. The summed E-state index contributed by atoms with van der Waals surface area (Å²) in [6.45, 7) is 0.319. The molecule has 0 spiro atoms. The zero-order valence-electron chi connectivity index (χ0n) is 19.1. The predicted octanol–water partition coefficient (Wildman–Crippen LogP) is 3.90. The van der Waals surface area contributed by atoms with Gasteiger partial charge in [0.1, 0.15) is 25.1 Å². The van der Waals surface area contributed by atoms with E-state index in [9.17, 15) is 18.0 Å². The summed E-state index contributed by atoms with van der Waals surface area (Å²) in [5.74, 6) is -0.558. The number of cyclic esters (lactones) is 1. The average molecular weight is 505 g/mol. The molecule has 2 heterocycles. The molecule has 35 heavy (non-hydrogen) atoms. The topological polar surface area (TPSA) is 102 Å². The number of benzene rings is 2. The second kappa shape index (κ2) is 10.4. The van der Waals surface area contributed by atoms with E-state index >= 15 is 4.39 Å². The highest BCUT2D eigenvalue weighted by molar-refractivity contribution is 7.85. The van der Waals surface area contributed by atoms with Gasteiger partial charge in [-0.3, -0.25) is 14.0 Å². The maximum atomic E-state index is 15.1. The van der Waals surface area contributed by atoms with E-state index in [0.717, 1.165) is 11.8 Å². The largest absolute Gasteiger partial charge is 0.444 e. The van der Waals surface area contributed by atoms with Crippen LogP contribution in [0.4, 0.5) is 19.7 Å². The van der Waals surface area contributed by atoms with E-state index in [4.69, 9.17) is 9.47 Å². The number of allylic oxidation sites excluding steroid dienone is 1. The quantitative estimate of drug-likeness (QED) is 0.527. The van der Waals surface area contributed by atoms with Gasteiger partial charge in [-0.05, 0) is 42.2 Å². The number of amides is 2. The molecule has 0 bridgehead atoms. The maximum Gasteiger partial charge on any atom is 0.414 e. The lowest BCUT2D eigenvalue weighted by atomic mass is 9.98. The Bertz CT molecular complexity index is 1230. The molecule has 0 saturated carbocycles. The Labute approximate surface area is 202 Å². The number of hydrogen-bond acceptors (Lipinski definition) is 7. The Kier molecular flexibility index (Phi) is 7.37. The van der Waals surface area contributed by atoms with Crippen molar-refractivity contribution in [3.05, 3.63) is 71.7 Å². The van der Waals surface area contributed by atoms with Crippen LogP contribution in [0.1, 0.15) is 24.0 Å². The highest BCUT2D eigenvalue weighted by Gasteiger charge is 2.34. The number of ether oxygens (including phenoxy) is 2. The van der Waals surface area contributed by atoms with Crippen molar-refractivity contribution in [3.8, 4) is 0 Å². The van der Waals surface area contributed by atoms with Crippen LogP contribution in [0.5, 0.6) is 0 Å². The molecule has 2 amide bonds. The van der Waals surface area contributed by atoms with Gasteiger partial charge in [-0.1, -0.05) is 30.3 Å². The summed E-state index contributed by atoms with van der Waals surface area (Å²) in [4.78, 5) is 27.3. The molecule has 1 saturated heterocycles. The third kappa shape index (κ3) is 6.37. The van der Waals surface area contributed by atoms with E-state index in [1.807, 2.05) is 30.3 Å². The van der Waals surface area contributed by atoms with E-state index in [-0.39, 0.29) is 25.4 Å². The standard InChI is InChI=1S/C24H25FN2O7S/c1-35(30,31)33-16-20-14-27(24(29)34-20)19-9-10-21(22(25)12-19)18-8-5-11-26(13-18)23(28)32-15-17-6-3-2-4-7-17/h2-4,6-7,9-10,12-13,20H,5,8,11,14-16H2,1H3/t20-/m1/s1. The fourth-order valence-corrected chi connectivity index (χ4v) is 4.26. The van der Waals surface area contributed by atoms with Gasteiger partial charge in [0.15, 0.2) is 0 Å². The van der Waals surface area contributed by atoms with Crippen LogP contribution in [-0.4, -0.2) is 57.6 Å². The van der Waals surface area contributed by atoms with Crippen molar-refractivity contribution < 1.29 is 36.1 Å². The summed E-state index contributed by atoms with van der Waals surface area (Å²) < 4.78 is 52.5. The van der Waals surface area contributed by atoms with Crippen molar-refractivity contribution in [2.45, 2.75) is 25.6 Å². The lowest BCUT2D eigenvalue weighted by Gasteiger charge is -2.25. The van der Waals surface area contributed by atoms with Crippen LogP contribution in [0.2, 0.25) is 0 Å². The van der Waals surface area contributed by atoms with Gasteiger partial charge in [0, 0.05) is 18.3 Å². The first-order valence-corrected chi connectivity index (χ1v) is 12.8.